The van der Waals surface area contributed by atoms with Crippen molar-refractivity contribution in [3.63, 3.8) is 0 Å². The van der Waals surface area contributed by atoms with E-state index in [1.165, 1.54) is 5.56 Å². The van der Waals surface area contributed by atoms with Crippen LogP contribution in [0.5, 0.6) is 5.75 Å². The number of rotatable bonds is 9. The predicted molar refractivity (Wildman–Crippen MR) is 145 cm³/mol. The number of hydrogen-bond donors (Lipinski definition) is 3. The molecule has 0 aliphatic carbocycles. The molecular weight excluding hydrogens is 533 g/mol. The van der Waals surface area contributed by atoms with Crippen LogP contribution in [0.15, 0.2) is 29.3 Å². The highest BCUT2D eigenvalue weighted by atomic mass is 127. The lowest BCUT2D eigenvalue weighted by Crippen LogP contribution is -2.43. The molecule has 188 valence electrons. The molecule has 0 saturated carbocycles. The van der Waals surface area contributed by atoms with Crippen LogP contribution in [0.25, 0.3) is 0 Å². The Morgan fingerprint density at radius 1 is 1.09 bits per heavy atom. The molecule has 2 rings (SSSR count). The minimum atomic E-state index is -0.488. The second-order valence-corrected chi connectivity index (χ2v) is 9.14. The highest BCUT2D eigenvalue weighted by molar-refractivity contribution is 14.0. The van der Waals surface area contributed by atoms with Gasteiger partial charge in [0.25, 0.3) is 0 Å². The molecular formula is C24H42IN5O3. The van der Waals surface area contributed by atoms with E-state index in [9.17, 15) is 4.79 Å². The Bertz CT molecular complexity index is 714. The SMILES string of the molecule is CCNC(=NCC1CCN(Cc2ccc(OC)cc2)CC1)NCCNC(=O)OC(C)(C)C.I. The first-order valence-corrected chi connectivity index (χ1v) is 11.6. The number of aliphatic imine (C=N–C) groups is 1. The number of nitrogens with zero attached hydrogens (tertiary/aromatic N) is 2. The first-order valence-electron chi connectivity index (χ1n) is 11.6. The van der Waals surface area contributed by atoms with Crippen molar-refractivity contribution in [2.24, 2.45) is 10.9 Å². The van der Waals surface area contributed by atoms with E-state index in [1.807, 2.05) is 39.8 Å². The van der Waals surface area contributed by atoms with Crippen LogP contribution >= 0.6 is 24.0 Å². The third kappa shape index (κ3) is 12.3. The van der Waals surface area contributed by atoms with Crippen LogP contribution in [0.3, 0.4) is 0 Å². The number of carbonyl (C=O) groups excluding carboxylic acids is 1. The van der Waals surface area contributed by atoms with Crippen LogP contribution < -0.4 is 20.7 Å². The second-order valence-electron chi connectivity index (χ2n) is 9.14. The maximum Gasteiger partial charge on any atom is 0.407 e. The number of halogens is 1. The predicted octanol–water partition coefficient (Wildman–Crippen LogP) is 3.61. The number of likely N-dealkylation sites (tertiary alicyclic amines) is 1. The number of ether oxygens (including phenoxy) is 2. The molecule has 1 aliphatic rings. The maximum atomic E-state index is 11.7. The first-order chi connectivity index (χ1) is 15.3. The van der Waals surface area contributed by atoms with Gasteiger partial charge in [-0.1, -0.05) is 12.1 Å². The van der Waals surface area contributed by atoms with Gasteiger partial charge in [-0.25, -0.2) is 4.79 Å². The number of methoxy groups -OCH3 is 1. The highest BCUT2D eigenvalue weighted by Gasteiger charge is 2.19. The summed E-state index contributed by atoms with van der Waals surface area (Å²) < 4.78 is 10.5. The first kappa shape index (κ1) is 29.3. The Balaban J connectivity index is 0.00000544. The van der Waals surface area contributed by atoms with E-state index >= 15 is 0 Å². The van der Waals surface area contributed by atoms with Crippen LogP contribution in [0.2, 0.25) is 0 Å². The van der Waals surface area contributed by atoms with Gasteiger partial charge in [0.05, 0.1) is 7.11 Å². The third-order valence-electron chi connectivity index (χ3n) is 5.21. The fourth-order valence-corrected chi connectivity index (χ4v) is 3.54. The fraction of sp³-hybridized carbons (Fsp3) is 0.667. The second kappa shape index (κ2) is 15.2. The Morgan fingerprint density at radius 2 is 1.73 bits per heavy atom. The van der Waals surface area contributed by atoms with E-state index < -0.39 is 11.7 Å². The molecule has 0 unspecified atom stereocenters. The molecule has 9 heteroatoms. The number of alkyl carbamates (subject to hydrolysis) is 1. The number of guanidine groups is 1. The molecule has 1 aromatic carbocycles. The number of amides is 1. The standard InChI is InChI=1S/C24H41N5O3.HI/c1-6-25-22(26-13-14-27-23(30)32-24(2,3)4)28-17-19-11-15-29(16-12-19)18-20-7-9-21(31-5)10-8-20;/h7-10,19H,6,11-18H2,1-5H3,(H,27,30)(H2,25,26,28);1H. The van der Waals surface area contributed by atoms with E-state index in [0.717, 1.165) is 57.3 Å². The average molecular weight is 576 g/mol. The Kier molecular flexibility index (Phi) is 13.5. The zero-order valence-electron chi connectivity index (χ0n) is 20.8. The van der Waals surface area contributed by atoms with Gasteiger partial charge >= 0.3 is 6.09 Å². The van der Waals surface area contributed by atoms with E-state index in [2.05, 4.69) is 33.0 Å². The molecule has 0 radical (unpaired) electrons. The van der Waals surface area contributed by atoms with Gasteiger partial charge in [-0.15, -0.1) is 24.0 Å². The molecule has 0 bridgehead atoms. The summed E-state index contributed by atoms with van der Waals surface area (Å²) >= 11 is 0. The zero-order valence-corrected chi connectivity index (χ0v) is 23.1. The number of piperidine rings is 1. The lowest BCUT2D eigenvalue weighted by molar-refractivity contribution is 0.0529. The topological polar surface area (TPSA) is 87.2 Å². The quantitative estimate of drug-likeness (QED) is 0.181. The third-order valence-corrected chi connectivity index (χ3v) is 5.21. The summed E-state index contributed by atoms with van der Waals surface area (Å²) in [6.45, 7) is 13.4. The molecule has 3 N–H and O–H groups in total. The number of nitrogens with one attached hydrogen (secondary N) is 3. The molecule has 8 nitrogen and oxygen atoms in total. The van der Waals surface area contributed by atoms with Gasteiger partial charge in [0, 0.05) is 32.7 Å². The molecule has 1 heterocycles. The zero-order chi connectivity index (χ0) is 23.4. The smallest absolute Gasteiger partial charge is 0.407 e. The summed E-state index contributed by atoms with van der Waals surface area (Å²) in [6, 6.07) is 8.33. The van der Waals surface area contributed by atoms with Gasteiger partial charge in [-0.2, -0.15) is 0 Å². The van der Waals surface area contributed by atoms with Gasteiger partial charge in [0.1, 0.15) is 11.4 Å². The Hall–Kier alpha value is -1.75. The Labute approximate surface area is 216 Å². The fourth-order valence-electron chi connectivity index (χ4n) is 3.54. The maximum absolute atomic E-state index is 11.7. The molecule has 1 fully saturated rings. The lowest BCUT2D eigenvalue weighted by Gasteiger charge is -2.31. The van der Waals surface area contributed by atoms with Gasteiger partial charge < -0.3 is 25.4 Å². The summed E-state index contributed by atoms with van der Waals surface area (Å²) in [5.74, 6) is 2.28. The average Bonchev–Trinajstić information content (AvgIpc) is 2.75. The number of hydrogen-bond acceptors (Lipinski definition) is 5. The van der Waals surface area contributed by atoms with Crippen molar-refractivity contribution < 1.29 is 14.3 Å². The molecule has 0 atom stereocenters. The van der Waals surface area contributed by atoms with Gasteiger partial charge in [0.2, 0.25) is 0 Å². The molecule has 1 aromatic rings. The molecule has 33 heavy (non-hydrogen) atoms. The summed E-state index contributed by atoms with van der Waals surface area (Å²) in [7, 11) is 1.69. The van der Waals surface area contributed by atoms with Crippen LogP contribution in [-0.2, 0) is 11.3 Å². The van der Waals surface area contributed by atoms with Crippen molar-refractivity contribution in [1.82, 2.24) is 20.9 Å². The largest absolute Gasteiger partial charge is 0.497 e. The van der Waals surface area contributed by atoms with Crippen molar-refractivity contribution in [2.45, 2.75) is 52.7 Å². The van der Waals surface area contributed by atoms with Crippen molar-refractivity contribution in [3.05, 3.63) is 29.8 Å². The van der Waals surface area contributed by atoms with Crippen molar-refractivity contribution in [1.29, 1.82) is 0 Å². The van der Waals surface area contributed by atoms with Crippen molar-refractivity contribution in [3.8, 4) is 5.75 Å². The number of carbonyl (C=O) groups is 1. The molecule has 0 aromatic heterocycles. The minimum Gasteiger partial charge on any atom is -0.497 e. The summed E-state index contributed by atoms with van der Waals surface area (Å²) in [6.07, 6.45) is 1.90. The van der Waals surface area contributed by atoms with Gasteiger partial charge in [-0.3, -0.25) is 9.89 Å². The van der Waals surface area contributed by atoms with Crippen LogP contribution in [0, 0.1) is 5.92 Å². The van der Waals surface area contributed by atoms with Crippen LogP contribution in [-0.4, -0.2) is 68.9 Å². The monoisotopic (exact) mass is 575 g/mol. The molecule has 0 spiro atoms. The Morgan fingerprint density at radius 3 is 2.30 bits per heavy atom. The van der Waals surface area contributed by atoms with E-state index in [0.29, 0.717) is 19.0 Å². The van der Waals surface area contributed by atoms with E-state index in [-0.39, 0.29) is 24.0 Å². The van der Waals surface area contributed by atoms with Gasteiger partial charge in [0.15, 0.2) is 5.96 Å². The summed E-state index contributed by atoms with van der Waals surface area (Å²) in [5.41, 5.74) is 0.832. The van der Waals surface area contributed by atoms with E-state index in [4.69, 9.17) is 14.5 Å². The number of benzene rings is 1. The van der Waals surface area contributed by atoms with Crippen LogP contribution in [0.1, 0.15) is 46.1 Å². The molecule has 1 aliphatic heterocycles. The minimum absolute atomic E-state index is 0. The highest BCUT2D eigenvalue weighted by Crippen LogP contribution is 2.20. The molecule has 1 saturated heterocycles. The normalized spacial score (nSPS) is 15.4. The molecule has 1 amide bonds. The van der Waals surface area contributed by atoms with Gasteiger partial charge in [-0.05, 0) is 77.2 Å². The van der Waals surface area contributed by atoms with Crippen molar-refractivity contribution in [2.75, 3.05) is 46.4 Å². The lowest BCUT2D eigenvalue weighted by atomic mass is 9.96. The summed E-state index contributed by atoms with van der Waals surface area (Å²) in [5, 5.41) is 9.31. The summed E-state index contributed by atoms with van der Waals surface area (Å²) in [4.78, 5) is 19.0. The van der Waals surface area contributed by atoms with E-state index in [1.54, 1.807) is 7.11 Å². The van der Waals surface area contributed by atoms with Crippen LogP contribution in [0.4, 0.5) is 4.79 Å². The van der Waals surface area contributed by atoms with Crippen molar-refractivity contribution >= 4 is 36.0 Å².